The highest BCUT2D eigenvalue weighted by molar-refractivity contribution is 6.38. The van der Waals surface area contributed by atoms with E-state index in [-0.39, 0.29) is 28.3 Å². The van der Waals surface area contributed by atoms with Gasteiger partial charge in [0.2, 0.25) is 0 Å². The monoisotopic (exact) mass is 588 g/mol. The molecule has 5 aromatic carbocycles. The van der Waals surface area contributed by atoms with Crippen molar-refractivity contribution in [2.75, 3.05) is 0 Å². The second-order valence-corrected chi connectivity index (χ2v) is 9.82. The zero-order chi connectivity index (χ0) is 29.5. The number of fused-ring (bicyclic) bond motifs is 1. The molecule has 0 unspecified atom stereocenters. The quantitative estimate of drug-likeness (QED) is 0.136. The summed E-state index contributed by atoms with van der Waals surface area (Å²) in [6.45, 7) is 2.11. The van der Waals surface area contributed by atoms with Crippen molar-refractivity contribution in [2.45, 2.75) is 25.9 Å². The van der Waals surface area contributed by atoms with Crippen LogP contribution in [-0.2, 0) is 12.5 Å². The maximum Gasteiger partial charge on any atom is 0.432 e. The van der Waals surface area contributed by atoms with Gasteiger partial charge in [-0.1, -0.05) is 73.5 Å². The fourth-order valence-electron chi connectivity index (χ4n) is 4.64. The molecule has 0 saturated heterocycles. The Morgan fingerprint density at radius 2 is 1.29 bits per heavy atom. The van der Waals surface area contributed by atoms with Gasteiger partial charge in [-0.3, -0.25) is 0 Å². The van der Waals surface area contributed by atoms with Gasteiger partial charge in [0.1, 0.15) is 22.9 Å². The van der Waals surface area contributed by atoms with E-state index >= 15 is 0 Å². The molecule has 0 spiro atoms. The SMILES string of the molecule is CCCc1ccc(-c2ccc3c(Cl)c(-c4cc(F)c(C(F)(F)Oc5cc(F)c(F)c(F)c5)c(F)c4)ccc3c2)cc1. The van der Waals surface area contributed by atoms with Crippen LogP contribution in [0.5, 0.6) is 5.75 Å². The van der Waals surface area contributed by atoms with Crippen LogP contribution in [-0.4, -0.2) is 0 Å². The van der Waals surface area contributed by atoms with Gasteiger partial charge in [-0.05, 0) is 52.3 Å². The van der Waals surface area contributed by atoms with Crippen molar-refractivity contribution < 1.29 is 35.5 Å². The van der Waals surface area contributed by atoms with Crippen molar-refractivity contribution in [2.24, 2.45) is 0 Å². The van der Waals surface area contributed by atoms with E-state index in [9.17, 15) is 30.7 Å². The van der Waals surface area contributed by atoms with Crippen molar-refractivity contribution in [1.82, 2.24) is 0 Å². The van der Waals surface area contributed by atoms with Gasteiger partial charge in [-0.25, -0.2) is 22.0 Å². The van der Waals surface area contributed by atoms with Gasteiger partial charge in [0.25, 0.3) is 0 Å². The molecule has 0 bridgehead atoms. The van der Waals surface area contributed by atoms with E-state index in [2.05, 4.69) is 23.8 Å². The van der Waals surface area contributed by atoms with Crippen LogP contribution in [0, 0.1) is 29.1 Å². The summed E-state index contributed by atoms with van der Waals surface area (Å²) >= 11 is 6.59. The van der Waals surface area contributed by atoms with Crippen LogP contribution in [0.3, 0.4) is 0 Å². The number of rotatable bonds is 7. The average molecular weight is 589 g/mol. The normalized spacial score (nSPS) is 11.7. The number of aryl methyl sites for hydroxylation is 1. The molecule has 0 aliphatic carbocycles. The second-order valence-electron chi connectivity index (χ2n) is 9.44. The van der Waals surface area contributed by atoms with Gasteiger partial charge >= 0.3 is 6.11 Å². The van der Waals surface area contributed by atoms with Crippen LogP contribution in [0.2, 0.25) is 5.02 Å². The summed E-state index contributed by atoms with van der Waals surface area (Å²) in [5.41, 5.74) is 1.44. The molecular formula is C32H20ClF7O. The molecule has 0 saturated carbocycles. The molecule has 0 heterocycles. The van der Waals surface area contributed by atoms with Gasteiger partial charge in [0.05, 0.1) is 5.02 Å². The third-order valence-corrected chi connectivity index (χ3v) is 7.03. The van der Waals surface area contributed by atoms with E-state index < -0.39 is 46.5 Å². The Labute approximate surface area is 235 Å². The largest absolute Gasteiger partial charge is 0.432 e. The highest BCUT2D eigenvalue weighted by atomic mass is 35.5. The second kappa shape index (κ2) is 11.1. The Kier molecular flexibility index (Phi) is 7.70. The van der Waals surface area contributed by atoms with Crippen molar-refractivity contribution >= 4 is 22.4 Å². The molecule has 210 valence electrons. The first kappa shape index (κ1) is 28.5. The molecule has 0 radical (unpaired) electrons. The summed E-state index contributed by atoms with van der Waals surface area (Å²) in [5, 5.41) is 1.48. The minimum Gasteiger partial charge on any atom is -0.429 e. The summed E-state index contributed by atoms with van der Waals surface area (Å²) in [6.07, 6.45) is -2.67. The average Bonchev–Trinajstić information content (AvgIpc) is 2.91. The maximum atomic E-state index is 14.9. The zero-order valence-electron chi connectivity index (χ0n) is 21.4. The third-order valence-electron chi connectivity index (χ3n) is 6.63. The predicted octanol–water partition coefficient (Wildman–Crippen LogP) is 10.6. The first-order valence-electron chi connectivity index (χ1n) is 12.5. The van der Waals surface area contributed by atoms with Gasteiger partial charge in [0, 0.05) is 23.1 Å². The van der Waals surface area contributed by atoms with E-state index in [1.165, 1.54) is 11.6 Å². The topological polar surface area (TPSA) is 9.23 Å². The first-order chi connectivity index (χ1) is 19.5. The number of benzene rings is 5. The standard InChI is InChI=1S/C32H20ClF7O/c1-2-3-17-4-6-18(7-5-17)19-8-10-23-20(12-19)9-11-24(30(23)33)21-13-25(34)29(26(35)14-21)32(39,40)41-22-15-27(36)31(38)28(37)16-22/h4-16H,2-3H2,1H3. The minimum atomic E-state index is -4.69. The molecule has 0 fully saturated rings. The first-order valence-corrected chi connectivity index (χ1v) is 12.9. The Hall–Kier alpha value is -4.04. The van der Waals surface area contributed by atoms with Crippen LogP contribution in [0.25, 0.3) is 33.0 Å². The summed E-state index contributed by atoms with van der Waals surface area (Å²) in [4.78, 5) is 0. The van der Waals surface area contributed by atoms with Gasteiger partial charge in [-0.2, -0.15) is 8.78 Å². The van der Waals surface area contributed by atoms with Crippen LogP contribution < -0.4 is 4.74 Å². The maximum absolute atomic E-state index is 14.9. The summed E-state index contributed by atoms with van der Waals surface area (Å²) in [7, 11) is 0. The lowest BCUT2D eigenvalue weighted by Crippen LogP contribution is -2.25. The van der Waals surface area contributed by atoms with E-state index in [4.69, 9.17) is 11.6 Å². The fourth-order valence-corrected chi connectivity index (χ4v) is 4.99. The Bertz CT molecular complexity index is 1720. The van der Waals surface area contributed by atoms with Crippen LogP contribution in [0.4, 0.5) is 30.7 Å². The van der Waals surface area contributed by atoms with Crippen molar-refractivity contribution in [1.29, 1.82) is 0 Å². The molecular weight excluding hydrogens is 569 g/mol. The van der Waals surface area contributed by atoms with E-state index in [1.54, 1.807) is 12.1 Å². The number of alkyl halides is 2. The van der Waals surface area contributed by atoms with Crippen molar-refractivity contribution in [3.63, 3.8) is 0 Å². The molecule has 0 N–H and O–H groups in total. The van der Waals surface area contributed by atoms with E-state index in [1.807, 2.05) is 24.3 Å². The fraction of sp³-hybridized carbons (Fsp3) is 0.125. The van der Waals surface area contributed by atoms with Crippen molar-refractivity contribution in [3.05, 3.63) is 124 Å². The number of hydrogen-bond acceptors (Lipinski definition) is 1. The van der Waals surface area contributed by atoms with E-state index in [0.717, 1.165) is 29.4 Å². The molecule has 5 rings (SSSR count). The summed E-state index contributed by atoms with van der Waals surface area (Å²) < 4.78 is 103. The van der Waals surface area contributed by atoms with Crippen LogP contribution in [0.1, 0.15) is 24.5 Å². The number of hydrogen-bond donors (Lipinski definition) is 0. The molecule has 0 aliphatic rings. The van der Waals surface area contributed by atoms with Crippen LogP contribution >= 0.6 is 11.6 Å². The molecule has 5 aromatic rings. The molecule has 41 heavy (non-hydrogen) atoms. The molecule has 0 amide bonds. The van der Waals surface area contributed by atoms with Gasteiger partial charge in [0.15, 0.2) is 17.5 Å². The molecule has 9 heteroatoms. The van der Waals surface area contributed by atoms with E-state index in [0.29, 0.717) is 17.5 Å². The predicted molar refractivity (Wildman–Crippen MR) is 145 cm³/mol. The van der Waals surface area contributed by atoms with Crippen molar-refractivity contribution in [3.8, 4) is 28.0 Å². The summed E-state index contributed by atoms with van der Waals surface area (Å²) in [5.74, 6) is -10.1. The van der Waals surface area contributed by atoms with Gasteiger partial charge < -0.3 is 4.74 Å². The Balaban J connectivity index is 1.47. The lowest BCUT2D eigenvalue weighted by molar-refractivity contribution is -0.189. The van der Waals surface area contributed by atoms with Crippen LogP contribution in [0.15, 0.2) is 78.9 Å². The third kappa shape index (κ3) is 5.61. The number of halogens is 8. The summed E-state index contributed by atoms with van der Waals surface area (Å²) in [6, 6.07) is 18.5. The Morgan fingerprint density at radius 3 is 1.90 bits per heavy atom. The molecule has 0 aromatic heterocycles. The zero-order valence-corrected chi connectivity index (χ0v) is 22.1. The molecule has 0 atom stereocenters. The van der Waals surface area contributed by atoms with Gasteiger partial charge in [-0.15, -0.1) is 0 Å². The molecule has 0 aliphatic heterocycles. The Morgan fingerprint density at radius 1 is 0.683 bits per heavy atom. The minimum absolute atomic E-state index is 0.124. The smallest absolute Gasteiger partial charge is 0.429 e. The lowest BCUT2D eigenvalue weighted by Gasteiger charge is -2.20. The number of ether oxygens (including phenoxy) is 1. The lowest BCUT2D eigenvalue weighted by atomic mass is 9.96. The highest BCUT2D eigenvalue weighted by Crippen LogP contribution is 2.40. The highest BCUT2D eigenvalue weighted by Gasteiger charge is 2.41. The molecule has 1 nitrogen and oxygen atoms in total.